The molecule has 0 saturated carbocycles. The lowest BCUT2D eigenvalue weighted by Gasteiger charge is -2.14. The molecule has 7 heteroatoms. The van der Waals surface area contributed by atoms with Gasteiger partial charge in [0, 0.05) is 6.04 Å². The fourth-order valence-electron chi connectivity index (χ4n) is 1.87. The van der Waals surface area contributed by atoms with Gasteiger partial charge in [-0.3, -0.25) is 4.79 Å². The van der Waals surface area contributed by atoms with Gasteiger partial charge in [-0.05, 0) is 38.0 Å². The van der Waals surface area contributed by atoms with Crippen LogP contribution in [0.4, 0.5) is 4.39 Å². The van der Waals surface area contributed by atoms with Crippen LogP contribution in [0.1, 0.15) is 42.6 Å². The van der Waals surface area contributed by atoms with E-state index in [1.54, 1.807) is 6.92 Å². The largest absolute Gasteiger partial charge is 0.349 e. The highest BCUT2D eigenvalue weighted by molar-refractivity contribution is 7.89. The van der Waals surface area contributed by atoms with Gasteiger partial charge in [0.15, 0.2) is 0 Å². The van der Waals surface area contributed by atoms with Crippen molar-refractivity contribution in [3.63, 3.8) is 0 Å². The number of amides is 1. The fourth-order valence-corrected chi connectivity index (χ4v) is 2.50. The van der Waals surface area contributed by atoms with Gasteiger partial charge >= 0.3 is 0 Å². The second kappa shape index (κ2) is 6.32. The van der Waals surface area contributed by atoms with Gasteiger partial charge in [0.05, 0.1) is 10.5 Å². The predicted octanol–water partition coefficient (Wildman–Crippen LogP) is 1.70. The van der Waals surface area contributed by atoms with Crippen molar-refractivity contribution in [1.82, 2.24) is 5.32 Å². The minimum absolute atomic E-state index is 0.0600. The zero-order chi connectivity index (χ0) is 15.5. The van der Waals surface area contributed by atoms with Gasteiger partial charge in [-0.15, -0.1) is 0 Å². The molecule has 1 aromatic rings. The van der Waals surface area contributed by atoms with Gasteiger partial charge in [-0.1, -0.05) is 13.3 Å². The van der Waals surface area contributed by atoms with E-state index in [0.29, 0.717) is 0 Å². The molecule has 0 aliphatic rings. The third-order valence-corrected chi connectivity index (χ3v) is 3.79. The second-order valence-corrected chi connectivity index (χ2v) is 6.37. The van der Waals surface area contributed by atoms with Crippen molar-refractivity contribution in [2.75, 3.05) is 0 Å². The third-order valence-electron chi connectivity index (χ3n) is 2.90. The molecule has 0 aliphatic heterocycles. The van der Waals surface area contributed by atoms with E-state index in [9.17, 15) is 17.6 Å². The maximum atomic E-state index is 14.0. The van der Waals surface area contributed by atoms with Gasteiger partial charge in [0.25, 0.3) is 5.91 Å². The van der Waals surface area contributed by atoms with E-state index in [1.807, 2.05) is 6.92 Å². The molecule has 1 rings (SSSR count). The number of halogens is 1. The lowest BCUT2D eigenvalue weighted by Crippen LogP contribution is -2.33. The third kappa shape index (κ3) is 4.01. The maximum absolute atomic E-state index is 14.0. The first-order valence-electron chi connectivity index (χ1n) is 6.30. The van der Waals surface area contributed by atoms with Gasteiger partial charge in [-0.25, -0.2) is 17.9 Å². The number of nitrogens with one attached hydrogen (secondary N) is 1. The predicted molar refractivity (Wildman–Crippen MR) is 74.3 cm³/mol. The summed E-state index contributed by atoms with van der Waals surface area (Å²) in [5.41, 5.74) is -0.248. The number of rotatable bonds is 5. The minimum atomic E-state index is -3.98. The Morgan fingerprint density at radius 3 is 2.55 bits per heavy atom. The Morgan fingerprint density at radius 1 is 1.45 bits per heavy atom. The maximum Gasteiger partial charge on any atom is 0.254 e. The topological polar surface area (TPSA) is 89.3 Å². The van der Waals surface area contributed by atoms with Crippen molar-refractivity contribution < 1.29 is 17.6 Å². The SMILES string of the molecule is CCCC(C)NC(=O)c1cc(S(N)(=O)=O)cc(C)c1F. The Labute approximate surface area is 118 Å². The number of hydrogen-bond acceptors (Lipinski definition) is 3. The monoisotopic (exact) mass is 302 g/mol. The molecule has 0 heterocycles. The van der Waals surface area contributed by atoms with Gasteiger partial charge in [0.1, 0.15) is 5.82 Å². The van der Waals surface area contributed by atoms with Crippen LogP contribution in [0.3, 0.4) is 0 Å². The van der Waals surface area contributed by atoms with E-state index in [-0.39, 0.29) is 22.1 Å². The zero-order valence-electron chi connectivity index (χ0n) is 11.7. The quantitative estimate of drug-likeness (QED) is 0.867. The number of aryl methyl sites for hydroxylation is 1. The molecule has 0 radical (unpaired) electrons. The normalized spacial score (nSPS) is 13.1. The summed E-state index contributed by atoms with van der Waals surface area (Å²) in [5, 5.41) is 7.64. The molecule has 0 fully saturated rings. The van der Waals surface area contributed by atoms with Gasteiger partial charge in [0.2, 0.25) is 10.0 Å². The zero-order valence-corrected chi connectivity index (χ0v) is 12.6. The van der Waals surface area contributed by atoms with Crippen molar-refractivity contribution in [3.8, 4) is 0 Å². The molecule has 1 aromatic carbocycles. The number of benzene rings is 1. The van der Waals surface area contributed by atoms with Gasteiger partial charge < -0.3 is 5.32 Å². The molecule has 3 N–H and O–H groups in total. The van der Waals surface area contributed by atoms with Crippen LogP contribution in [-0.2, 0) is 10.0 Å². The summed E-state index contributed by atoms with van der Waals surface area (Å²) < 4.78 is 36.6. The molecular formula is C13H19FN2O3S. The number of nitrogens with two attached hydrogens (primary N) is 1. The summed E-state index contributed by atoms with van der Waals surface area (Å²) in [7, 11) is -3.98. The molecular weight excluding hydrogens is 283 g/mol. The summed E-state index contributed by atoms with van der Waals surface area (Å²) in [5.74, 6) is -1.38. The van der Waals surface area contributed by atoms with Crippen molar-refractivity contribution in [2.45, 2.75) is 44.6 Å². The van der Waals surface area contributed by atoms with Gasteiger partial charge in [-0.2, -0.15) is 0 Å². The highest BCUT2D eigenvalue weighted by Gasteiger charge is 2.20. The summed E-state index contributed by atoms with van der Waals surface area (Å²) in [4.78, 5) is 11.7. The van der Waals surface area contributed by atoms with Crippen LogP contribution >= 0.6 is 0 Å². The molecule has 20 heavy (non-hydrogen) atoms. The molecule has 112 valence electrons. The molecule has 0 spiro atoms. The van der Waals surface area contributed by atoms with Crippen LogP contribution in [0.2, 0.25) is 0 Å². The number of primary sulfonamides is 1. The number of sulfonamides is 1. The minimum Gasteiger partial charge on any atom is -0.349 e. The Balaban J connectivity index is 3.17. The molecule has 0 saturated heterocycles. The lowest BCUT2D eigenvalue weighted by molar-refractivity contribution is 0.0934. The summed E-state index contributed by atoms with van der Waals surface area (Å²) in [6, 6.07) is 1.95. The van der Waals surface area contributed by atoms with E-state index < -0.39 is 21.7 Å². The summed E-state index contributed by atoms with van der Waals surface area (Å²) in [6.45, 7) is 5.15. The number of carbonyl (C=O) groups is 1. The molecule has 0 bridgehead atoms. The Morgan fingerprint density at radius 2 is 2.05 bits per heavy atom. The van der Waals surface area contributed by atoms with E-state index in [4.69, 9.17) is 5.14 Å². The molecule has 0 aromatic heterocycles. The van der Waals surface area contributed by atoms with Crippen LogP contribution in [0.25, 0.3) is 0 Å². The van der Waals surface area contributed by atoms with Crippen molar-refractivity contribution in [2.24, 2.45) is 5.14 Å². The first kappa shape index (κ1) is 16.6. The summed E-state index contributed by atoms with van der Waals surface area (Å²) >= 11 is 0. The first-order chi connectivity index (χ1) is 9.16. The Bertz CT molecular complexity index is 614. The highest BCUT2D eigenvalue weighted by atomic mass is 32.2. The van der Waals surface area contributed by atoms with E-state index in [2.05, 4.69) is 5.32 Å². The standard InChI is InChI=1S/C13H19FN2O3S/c1-4-5-9(3)16-13(17)11-7-10(20(15,18)19)6-8(2)12(11)14/h6-7,9H,4-5H2,1-3H3,(H,16,17)(H2,15,18,19). The average Bonchev–Trinajstić information content (AvgIpc) is 2.31. The van der Waals surface area contributed by atoms with Crippen molar-refractivity contribution in [3.05, 3.63) is 29.1 Å². The van der Waals surface area contributed by atoms with Crippen LogP contribution in [0.15, 0.2) is 17.0 Å². The van der Waals surface area contributed by atoms with Crippen LogP contribution < -0.4 is 10.5 Å². The average molecular weight is 302 g/mol. The molecule has 0 aliphatic carbocycles. The van der Waals surface area contributed by atoms with Crippen LogP contribution in [0, 0.1) is 12.7 Å². The Kier molecular flexibility index (Phi) is 5.24. The molecule has 1 amide bonds. The molecule has 1 atom stereocenters. The second-order valence-electron chi connectivity index (χ2n) is 4.81. The van der Waals surface area contributed by atoms with Crippen molar-refractivity contribution in [1.29, 1.82) is 0 Å². The molecule has 1 unspecified atom stereocenters. The van der Waals surface area contributed by atoms with E-state index >= 15 is 0 Å². The Hall–Kier alpha value is -1.47. The fraction of sp³-hybridized carbons (Fsp3) is 0.462. The van der Waals surface area contributed by atoms with Crippen molar-refractivity contribution >= 4 is 15.9 Å². The smallest absolute Gasteiger partial charge is 0.254 e. The first-order valence-corrected chi connectivity index (χ1v) is 7.85. The highest BCUT2D eigenvalue weighted by Crippen LogP contribution is 2.18. The number of carbonyl (C=O) groups excluding carboxylic acids is 1. The summed E-state index contributed by atoms with van der Waals surface area (Å²) in [6.07, 6.45) is 1.63. The molecule has 5 nitrogen and oxygen atoms in total. The van der Waals surface area contributed by atoms with Crippen LogP contribution in [-0.4, -0.2) is 20.4 Å². The van der Waals surface area contributed by atoms with Crippen LogP contribution in [0.5, 0.6) is 0 Å². The van der Waals surface area contributed by atoms with E-state index in [1.165, 1.54) is 6.92 Å². The lowest BCUT2D eigenvalue weighted by atomic mass is 10.1. The number of hydrogen-bond donors (Lipinski definition) is 2. The van der Waals surface area contributed by atoms with E-state index in [0.717, 1.165) is 25.0 Å².